The second-order valence-electron chi connectivity index (χ2n) is 7.05. The third-order valence-corrected chi connectivity index (χ3v) is 7.43. The quantitative estimate of drug-likeness (QED) is 0.462. The van der Waals surface area contributed by atoms with E-state index in [0.29, 0.717) is 18.0 Å². The number of thiazole rings is 1. The van der Waals surface area contributed by atoms with Gasteiger partial charge in [-0.05, 0) is 30.2 Å². The van der Waals surface area contributed by atoms with Crippen LogP contribution in [0.3, 0.4) is 0 Å². The standard InChI is InChI=1S/C22H26N2O5S2/c1-28-13-12-24-19-11-10-18(29-2)15-20(19)30-22(24)23-21(25)9-6-14-31(26,27)16-17-7-4-3-5-8-17/h3-5,7-8,10-11,15H,6,9,12-14,16H2,1-2H3. The topological polar surface area (TPSA) is 87.0 Å². The van der Waals surface area contributed by atoms with Gasteiger partial charge in [0.25, 0.3) is 0 Å². The summed E-state index contributed by atoms with van der Waals surface area (Å²) in [5, 5.41) is 0. The van der Waals surface area contributed by atoms with Gasteiger partial charge in [-0.15, -0.1) is 0 Å². The predicted octanol–water partition coefficient (Wildman–Crippen LogP) is 3.18. The number of aromatic nitrogens is 1. The van der Waals surface area contributed by atoms with Gasteiger partial charge in [0.1, 0.15) is 5.75 Å². The molecule has 0 saturated heterocycles. The Hall–Kier alpha value is -2.49. The Kier molecular flexibility index (Phi) is 8.00. The molecule has 31 heavy (non-hydrogen) atoms. The van der Waals surface area contributed by atoms with Crippen LogP contribution in [0.25, 0.3) is 10.2 Å². The monoisotopic (exact) mass is 462 g/mol. The van der Waals surface area contributed by atoms with E-state index >= 15 is 0 Å². The molecular formula is C22H26N2O5S2. The van der Waals surface area contributed by atoms with Gasteiger partial charge in [-0.3, -0.25) is 4.79 Å². The lowest BCUT2D eigenvalue weighted by Gasteiger charge is -2.05. The molecule has 0 fully saturated rings. The maximum atomic E-state index is 12.5. The van der Waals surface area contributed by atoms with Crippen LogP contribution in [-0.2, 0) is 31.7 Å². The van der Waals surface area contributed by atoms with Gasteiger partial charge in [-0.25, -0.2) is 8.42 Å². The zero-order valence-corrected chi connectivity index (χ0v) is 19.2. The van der Waals surface area contributed by atoms with Crippen LogP contribution < -0.4 is 9.54 Å². The number of ether oxygens (including phenoxy) is 2. The number of carbonyl (C=O) groups is 1. The highest BCUT2D eigenvalue weighted by Crippen LogP contribution is 2.23. The smallest absolute Gasteiger partial charge is 0.248 e. The first-order valence-electron chi connectivity index (χ1n) is 9.90. The summed E-state index contributed by atoms with van der Waals surface area (Å²) < 4.78 is 38.0. The van der Waals surface area contributed by atoms with E-state index in [4.69, 9.17) is 9.47 Å². The van der Waals surface area contributed by atoms with Crippen molar-refractivity contribution in [1.29, 1.82) is 0 Å². The first-order chi connectivity index (χ1) is 14.9. The number of hydrogen-bond acceptors (Lipinski definition) is 6. The predicted molar refractivity (Wildman–Crippen MR) is 122 cm³/mol. The summed E-state index contributed by atoms with van der Waals surface area (Å²) in [6.07, 6.45) is 0.324. The molecule has 2 aromatic carbocycles. The van der Waals surface area contributed by atoms with Gasteiger partial charge in [0, 0.05) is 20.1 Å². The minimum absolute atomic E-state index is 0.0195. The van der Waals surface area contributed by atoms with Crippen LogP contribution in [-0.4, -0.2) is 45.5 Å². The summed E-state index contributed by atoms with van der Waals surface area (Å²) >= 11 is 1.39. The molecule has 7 nitrogen and oxygen atoms in total. The molecule has 0 radical (unpaired) electrons. The van der Waals surface area contributed by atoms with Crippen molar-refractivity contribution in [2.75, 3.05) is 26.6 Å². The van der Waals surface area contributed by atoms with E-state index < -0.39 is 9.84 Å². The maximum Gasteiger partial charge on any atom is 0.248 e. The average molecular weight is 463 g/mol. The summed E-state index contributed by atoms with van der Waals surface area (Å²) in [6.45, 7) is 1.04. The van der Waals surface area contributed by atoms with Crippen LogP contribution in [0.4, 0.5) is 0 Å². The summed E-state index contributed by atoms with van der Waals surface area (Å²) in [7, 11) is -0.0519. The summed E-state index contributed by atoms with van der Waals surface area (Å²) in [4.78, 5) is 17.3. The summed E-state index contributed by atoms with van der Waals surface area (Å²) in [5.41, 5.74) is 1.69. The molecule has 3 rings (SSSR count). The van der Waals surface area contributed by atoms with Gasteiger partial charge in [-0.1, -0.05) is 41.7 Å². The molecule has 0 N–H and O–H groups in total. The van der Waals surface area contributed by atoms with Crippen LogP contribution in [0.5, 0.6) is 5.75 Å². The largest absolute Gasteiger partial charge is 0.497 e. The molecular weight excluding hydrogens is 436 g/mol. The SMILES string of the molecule is COCCn1c(=NC(=O)CCCS(=O)(=O)Cc2ccccc2)sc2cc(OC)ccc21. The van der Waals surface area contributed by atoms with Gasteiger partial charge >= 0.3 is 0 Å². The number of rotatable bonds is 10. The van der Waals surface area contributed by atoms with E-state index in [-0.39, 0.29) is 30.3 Å². The van der Waals surface area contributed by atoms with Crippen molar-refractivity contribution in [1.82, 2.24) is 4.57 Å². The van der Waals surface area contributed by atoms with Crippen molar-refractivity contribution in [3.63, 3.8) is 0 Å². The van der Waals surface area contributed by atoms with E-state index in [2.05, 4.69) is 4.99 Å². The number of fused-ring (bicyclic) bond motifs is 1. The van der Waals surface area contributed by atoms with Crippen molar-refractivity contribution in [3.05, 3.63) is 58.9 Å². The van der Waals surface area contributed by atoms with Crippen LogP contribution in [0.1, 0.15) is 18.4 Å². The fraction of sp³-hybridized carbons (Fsp3) is 0.364. The second-order valence-corrected chi connectivity index (χ2v) is 10.2. The number of hydrogen-bond donors (Lipinski definition) is 0. The second kappa shape index (κ2) is 10.7. The Morgan fingerprint density at radius 3 is 2.61 bits per heavy atom. The Morgan fingerprint density at radius 1 is 1.13 bits per heavy atom. The van der Waals surface area contributed by atoms with Crippen molar-refractivity contribution in [2.45, 2.75) is 25.1 Å². The molecule has 1 amide bonds. The van der Waals surface area contributed by atoms with Crippen molar-refractivity contribution >= 4 is 37.3 Å². The summed E-state index contributed by atoms with van der Waals surface area (Å²) in [5.74, 6) is 0.332. The molecule has 0 spiro atoms. The minimum Gasteiger partial charge on any atom is -0.497 e. The molecule has 0 aliphatic heterocycles. The number of sulfone groups is 1. The van der Waals surface area contributed by atoms with Gasteiger partial charge < -0.3 is 14.0 Å². The molecule has 166 valence electrons. The number of nitrogens with zero attached hydrogens (tertiary/aromatic N) is 2. The normalized spacial score (nSPS) is 12.4. The molecule has 0 aliphatic rings. The van der Waals surface area contributed by atoms with Crippen LogP contribution in [0, 0.1) is 0 Å². The van der Waals surface area contributed by atoms with E-state index in [9.17, 15) is 13.2 Å². The lowest BCUT2D eigenvalue weighted by atomic mass is 10.2. The molecule has 0 bridgehead atoms. The van der Waals surface area contributed by atoms with E-state index in [0.717, 1.165) is 21.5 Å². The molecule has 1 heterocycles. The van der Waals surface area contributed by atoms with E-state index in [1.807, 2.05) is 41.0 Å². The van der Waals surface area contributed by atoms with Gasteiger partial charge in [0.2, 0.25) is 5.91 Å². The van der Waals surface area contributed by atoms with E-state index in [1.165, 1.54) is 11.3 Å². The molecule has 0 atom stereocenters. The highest BCUT2D eigenvalue weighted by Gasteiger charge is 2.14. The number of benzene rings is 2. The van der Waals surface area contributed by atoms with Gasteiger partial charge in [0.15, 0.2) is 14.6 Å². The van der Waals surface area contributed by atoms with Crippen molar-refractivity contribution in [3.8, 4) is 5.75 Å². The maximum absolute atomic E-state index is 12.5. The zero-order valence-electron chi connectivity index (χ0n) is 17.6. The van der Waals surface area contributed by atoms with Crippen molar-refractivity contribution < 1.29 is 22.7 Å². The molecule has 9 heteroatoms. The van der Waals surface area contributed by atoms with Gasteiger partial charge in [0.05, 0.1) is 35.4 Å². The Balaban J connectivity index is 1.71. The van der Waals surface area contributed by atoms with Crippen LogP contribution in [0.15, 0.2) is 53.5 Å². The third-order valence-electron chi connectivity index (χ3n) is 4.70. The first-order valence-corrected chi connectivity index (χ1v) is 12.5. The third kappa shape index (κ3) is 6.49. The highest BCUT2D eigenvalue weighted by atomic mass is 32.2. The molecule has 0 aliphatic carbocycles. The number of carbonyl (C=O) groups excluding carboxylic acids is 1. The zero-order chi connectivity index (χ0) is 22.3. The average Bonchev–Trinajstić information content (AvgIpc) is 3.08. The first kappa shape index (κ1) is 23.2. The lowest BCUT2D eigenvalue weighted by Crippen LogP contribution is -2.19. The fourth-order valence-electron chi connectivity index (χ4n) is 3.17. The van der Waals surface area contributed by atoms with Gasteiger partial charge in [-0.2, -0.15) is 4.99 Å². The molecule has 1 aromatic heterocycles. The lowest BCUT2D eigenvalue weighted by molar-refractivity contribution is -0.118. The van der Waals surface area contributed by atoms with Crippen LogP contribution >= 0.6 is 11.3 Å². The molecule has 0 unspecified atom stereocenters. The Labute approximate surface area is 185 Å². The van der Waals surface area contributed by atoms with E-state index in [1.54, 1.807) is 26.4 Å². The Bertz CT molecular complexity index is 1200. The van der Waals surface area contributed by atoms with Crippen LogP contribution in [0.2, 0.25) is 0 Å². The number of methoxy groups -OCH3 is 2. The minimum atomic E-state index is -3.28. The number of amides is 1. The Morgan fingerprint density at radius 2 is 1.90 bits per heavy atom. The summed E-state index contributed by atoms with van der Waals surface area (Å²) in [6, 6.07) is 14.7. The highest BCUT2D eigenvalue weighted by molar-refractivity contribution is 7.90. The fourth-order valence-corrected chi connectivity index (χ4v) is 5.70. The molecule has 3 aromatic rings. The molecule has 0 saturated carbocycles. The van der Waals surface area contributed by atoms with Crippen molar-refractivity contribution in [2.24, 2.45) is 4.99 Å².